The SMILES string of the molecule is Fc1ccccc1Cc1nnc(CCCNC2CC2)s1. The van der Waals surface area contributed by atoms with E-state index in [1.54, 1.807) is 23.5 Å². The first-order valence-corrected chi connectivity index (χ1v) is 7.91. The second-order valence-corrected chi connectivity index (χ2v) is 6.34. The highest BCUT2D eigenvalue weighted by molar-refractivity contribution is 7.11. The average molecular weight is 291 g/mol. The third kappa shape index (κ3) is 3.84. The molecule has 1 saturated carbocycles. The maximum atomic E-state index is 13.6. The molecule has 5 heteroatoms. The molecule has 3 nitrogen and oxygen atoms in total. The van der Waals surface area contributed by atoms with Crippen molar-refractivity contribution in [1.29, 1.82) is 0 Å². The Balaban J connectivity index is 1.49. The summed E-state index contributed by atoms with van der Waals surface area (Å²) in [4.78, 5) is 0. The number of nitrogens with zero attached hydrogens (tertiary/aromatic N) is 2. The van der Waals surface area contributed by atoms with Crippen LogP contribution in [0.15, 0.2) is 24.3 Å². The summed E-state index contributed by atoms with van der Waals surface area (Å²) in [5.41, 5.74) is 0.686. The third-order valence-electron chi connectivity index (χ3n) is 3.39. The second kappa shape index (κ2) is 6.41. The van der Waals surface area contributed by atoms with Crippen LogP contribution >= 0.6 is 11.3 Å². The molecule has 0 bridgehead atoms. The van der Waals surface area contributed by atoms with E-state index in [4.69, 9.17) is 0 Å². The summed E-state index contributed by atoms with van der Waals surface area (Å²) in [7, 11) is 0. The maximum absolute atomic E-state index is 13.6. The summed E-state index contributed by atoms with van der Waals surface area (Å²) < 4.78 is 13.6. The maximum Gasteiger partial charge on any atom is 0.126 e. The van der Waals surface area contributed by atoms with Crippen molar-refractivity contribution in [2.75, 3.05) is 6.54 Å². The lowest BCUT2D eigenvalue weighted by Gasteiger charge is -1.99. The first kappa shape index (κ1) is 13.6. The number of hydrogen-bond donors (Lipinski definition) is 1. The molecule has 1 aromatic heterocycles. The molecule has 1 aromatic carbocycles. The van der Waals surface area contributed by atoms with Gasteiger partial charge in [-0.25, -0.2) is 4.39 Å². The van der Waals surface area contributed by atoms with Gasteiger partial charge in [0.1, 0.15) is 15.8 Å². The highest BCUT2D eigenvalue weighted by Gasteiger charge is 2.19. The normalized spacial score (nSPS) is 14.7. The molecule has 1 aliphatic carbocycles. The van der Waals surface area contributed by atoms with Gasteiger partial charge in [0.05, 0.1) is 0 Å². The quantitative estimate of drug-likeness (QED) is 0.797. The molecule has 0 saturated heterocycles. The van der Waals surface area contributed by atoms with Crippen molar-refractivity contribution in [3.63, 3.8) is 0 Å². The van der Waals surface area contributed by atoms with Gasteiger partial charge in [-0.15, -0.1) is 21.5 Å². The van der Waals surface area contributed by atoms with Crippen LogP contribution in [0, 0.1) is 5.82 Å². The van der Waals surface area contributed by atoms with Gasteiger partial charge in [0.25, 0.3) is 0 Å². The van der Waals surface area contributed by atoms with Gasteiger partial charge in [0.2, 0.25) is 0 Å². The van der Waals surface area contributed by atoms with E-state index in [0.717, 1.165) is 35.4 Å². The van der Waals surface area contributed by atoms with Crippen LogP contribution in [0.3, 0.4) is 0 Å². The highest BCUT2D eigenvalue weighted by Crippen LogP contribution is 2.19. The van der Waals surface area contributed by atoms with Crippen molar-refractivity contribution >= 4 is 11.3 Å². The monoisotopic (exact) mass is 291 g/mol. The van der Waals surface area contributed by atoms with Gasteiger partial charge in [-0.2, -0.15) is 0 Å². The van der Waals surface area contributed by atoms with Crippen molar-refractivity contribution in [3.8, 4) is 0 Å². The van der Waals surface area contributed by atoms with Crippen molar-refractivity contribution < 1.29 is 4.39 Å². The molecule has 20 heavy (non-hydrogen) atoms. The number of hydrogen-bond acceptors (Lipinski definition) is 4. The Bertz CT molecular complexity index is 566. The Kier molecular flexibility index (Phi) is 4.38. The van der Waals surface area contributed by atoms with Crippen molar-refractivity contribution in [2.24, 2.45) is 0 Å². The molecule has 0 atom stereocenters. The zero-order valence-corrected chi connectivity index (χ0v) is 12.1. The molecule has 0 spiro atoms. The lowest BCUT2D eigenvalue weighted by molar-refractivity contribution is 0.613. The first-order valence-electron chi connectivity index (χ1n) is 7.09. The average Bonchev–Trinajstić information content (AvgIpc) is 3.17. The summed E-state index contributed by atoms with van der Waals surface area (Å²) in [5.74, 6) is -0.169. The lowest BCUT2D eigenvalue weighted by Crippen LogP contribution is -2.17. The summed E-state index contributed by atoms with van der Waals surface area (Å²) >= 11 is 1.59. The van der Waals surface area contributed by atoms with Gasteiger partial charge in [-0.05, 0) is 37.4 Å². The van der Waals surface area contributed by atoms with Crippen LogP contribution in [0.2, 0.25) is 0 Å². The van der Waals surface area contributed by atoms with Crippen LogP contribution < -0.4 is 5.32 Å². The number of halogens is 1. The van der Waals surface area contributed by atoms with Gasteiger partial charge < -0.3 is 5.32 Å². The summed E-state index contributed by atoms with van der Waals surface area (Å²) in [5, 5.41) is 13.8. The molecular formula is C15H18FN3S. The lowest BCUT2D eigenvalue weighted by atomic mass is 10.1. The van der Waals surface area contributed by atoms with E-state index < -0.39 is 0 Å². The van der Waals surface area contributed by atoms with Gasteiger partial charge >= 0.3 is 0 Å². The standard InChI is InChI=1S/C15H18FN3S/c16-13-5-2-1-4-11(13)10-15-19-18-14(20-15)6-3-9-17-12-7-8-12/h1-2,4-5,12,17H,3,6-10H2. The molecule has 1 heterocycles. The second-order valence-electron chi connectivity index (χ2n) is 5.19. The number of benzene rings is 1. The number of aromatic nitrogens is 2. The molecule has 1 N–H and O–H groups in total. The predicted octanol–water partition coefficient (Wildman–Crippen LogP) is 2.95. The molecule has 0 radical (unpaired) electrons. The Morgan fingerprint density at radius 3 is 2.80 bits per heavy atom. The Labute approximate surface area is 122 Å². The van der Waals surface area contributed by atoms with Gasteiger partial charge in [0.15, 0.2) is 0 Å². The zero-order valence-electron chi connectivity index (χ0n) is 11.3. The molecule has 3 rings (SSSR count). The van der Waals surface area contributed by atoms with Crippen molar-refractivity contribution in [3.05, 3.63) is 45.7 Å². The molecule has 1 aliphatic rings. The minimum atomic E-state index is -0.169. The van der Waals surface area contributed by atoms with Crippen LogP contribution in [0.25, 0.3) is 0 Å². The summed E-state index contributed by atoms with van der Waals surface area (Å²) in [6, 6.07) is 7.61. The van der Waals surface area contributed by atoms with E-state index in [0.29, 0.717) is 12.0 Å². The molecule has 0 amide bonds. The minimum absolute atomic E-state index is 0.169. The Hall–Kier alpha value is -1.33. The largest absolute Gasteiger partial charge is 0.314 e. The van der Waals surface area contributed by atoms with E-state index in [9.17, 15) is 4.39 Å². The van der Waals surface area contributed by atoms with Gasteiger partial charge in [-0.3, -0.25) is 0 Å². The number of nitrogens with one attached hydrogen (secondary N) is 1. The molecule has 0 aliphatic heterocycles. The smallest absolute Gasteiger partial charge is 0.126 e. The third-order valence-corrected chi connectivity index (χ3v) is 4.37. The fourth-order valence-electron chi connectivity index (χ4n) is 2.10. The minimum Gasteiger partial charge on any atom is -0.314 e. The summed E-state index contributed by atoms with van der Waals surface area (Å²) in [6.45, 7) is 1.05. The van der Waals surface area contributed by atoms with E-state index in [2.05, 4.69) is 15.5 Å². The fourth-order valence-corrected chi connectivity index (χ4v) is 3.01. The van der Waals surface area contributed by atoms with Crippen molar-refractivity contribution in [2.45, 2.75) is 38.1 Å². The van der Waals surface area contributed by atoms with Crippen LogP contribution in [-0.2, 0) is 12.8 Å². The topological polar surface area (TPSA) is 37.8 Å². The molecule has 1 fully saturated rings. The van der Waals surface area contributed by atoms with E-state index >= 15 is 0 Å². The van der Waals surface area contributed by atoms with Crippen LogP contribution in [0.1, 0.15) is 34.8 Å². The fraction of sp³-hybridized carbons (Fsp3) is 0.467. The van der Waals surface area contributed by atoms with Gasteiger partial charge in [0, 0.05) is 18.9 Å². The highest BCUT2D eigenvalue weighted by atomic mass is 32.1. The molecule has 106 valence electrons. The molecular weight excluding hydrogens is 273 g/mol. The first-order chi connectivity index (χ1) is 9.81. The van der Waals surface area contributed by atoms with E-state index in [1.165, 1.54) is 18.9 Å². The predicted molar refractivity (Wildman–Crippen MR) is 78.5 cm³/mol. The van der Waals surface area contributed by atoms with Crippen LogP contribution in [-0.4, -0.2) is 22.8 Å². The van der Waals surface area contributed by atoms with E-state index in [1.807, 2.05) is 6.07 Å². The Morgan fingerprint density at radius 2 is 2.00 bits per heavy atom. The number of aryl methyl sites for hydroxylation is 1. The zero-order chi connectivity index (χ0) is 13.8. The molecule has 0 unspecified atom stereocenters. The summed E-state index contributed by atoms with van der Waals surface area (Å²) in [6.07, 6.45) is 5.22. The molecule has 2 aromatic rings. The van der Waals surface area contributed by atoms with Crippen LogP contribution in [0.5, 0.6) is 0 Å². The number of rotatable bonds is 7. The Morgan fingerprint density at radius 1 is 1.20 bits per heavy atom. The van der Waals surface area contributed by atoms with Gasteiger partial charge in [-0.1, -0.05) is 18.2 Å². The van der Waals surface area contributed by atoms with Crippen LogP contribution in [0.4, 0.5) is 4.39 Å². The van der Waals surface area contributed by atoms with Crippen molar-refractivity contribution in [1.82, 2.24) is 15.5 Å². The van der Waals surface area contributed by atoms with E-state index in [-0.39, 0.29) is 5.82 Å².